The van der Waals surface area contributed by atoms with E-state index in [1.165, 1.54) is 11.6 Å². The number of amides is 1. The Morgan fingerprint density at radius 1 is 1.04 bits per heavy atom. The maximum absolute atomic E-state index is 13.8. The molecule has 0 atom stereocenters. The van der Waals surface area contributed by atoms with Gasteiger partial charge in [-0.2, -0.15) is 0 Å². The minimum atomic E-state index is -0.188. The molecule has 3 rings (SSSR count). The van der Waals surface area contributed by atoms with Crippen LogP contribution in [0.25, 0.3) is 0 Å². The number of nitrogens with one attached hydrogen (secondary N) is 1. The summed E-state index contributed by atoms with van der Waals surface area (Å²) >= 11 is 0. The predicted octanol–water partition coefficient (Wildman–Crippen LogP) is 2.57. The summed E-state index contributed by atoms with van der Waals surface area (Å²) in [7, 11) is 0. The lowest BCUT2D eigenvalue weighted by molar-refractivity contribution is -0.122. The van der Waals surface area contributed by atoms with Gasteiger partial charge in [-0.15, -0.1) is 0 Å². The maximum atomic E-state index is 13.8. The van der Waals surface area contributed by atoms with E-state index in [0.717, 1.165) is 31.7 Å². The number of piperazine rings is 1. The van der Waals surface area contributed by atoms with Gasteiger partial charge in [0.15, 0.2) is 0 Å². The second-order valence-corrected chi connectivity index (χ2v) is 6.48. The fourth-order valence-corrected chi connectivity index (χ4v) is 3.02. The van der Waals surface area contributed by atoms with Crippen molar-refractivity contribution >= 4 is 11.6 Å². The number of nitrogens with zero attached hydrogens (tertiary/aromatic N) is 2. The molecule has 25 heavy (non-hydrogen) atoms. The molecule has 5 heteroatoms. The molecule has 4 nitrogen and oxygen atoms in total. The van der Waals surface area contributed by atoms with Gasteiger partial charge in [-0.1, -0.05) is 42.0 Å². The summed E-state index contributed by atoms with van der Waals surface area (Å²) in [5.41, 5.74) is 2.96. The Bertz CT molecular complexity index is 709. The highest BCUT2D eigenvalue weighted by molar-refractivity contribution is 5.78. The normalized spacial score (nSPS) is 15.2. The molecule has 1 heterocycles. The summed E-state index contributed by atoms with van der Waals surface area (Å²) in [5, 5.41) is 2.96. The largest absolute Gasteiger partial charge is 0.367 e. The number of rotatable bonds is 5. The average molecular weight is 341 g/mol. The van der Waals surface area contributed by atoms with Gasteiger partial charge in [0.2, 0.25) is 5.91 Å². The Hall–Kier alpha value is -2.40. The smallest absolute Gasteiger partial charge is 0.234 e. The monoisotopic (exact) mass is 341 g/mol. The van der Waals surface area contributed by atoms with Crippen molar-refractivity contribution in [1.29, 1.82) is 0 Å². The summed E-state index contributed by atoms with van der Waals surface area (Å²) in [4.78, 5) is 16.3. The number of hydrogen-bond acceptors (Lipinski definition) is 3. The minimum absolute atomic E-state index is 0.0277. The van der Waals surface area contributed by atoms with Crippen LogP contribution in [0.5, 0.6) is 0 Å². The maximum Gasteiger partial charge on any atom is 0.234 e. The van der Waals surface area contributed by atoms with Crippen LogP contribution in [-0.2, 0) is 11.3 Å². The van der Waals surface area contributed by atoms with E-state index in [4.69, 9.17) is 0 Å². The lowest BCUT2D eigenvalue weighted by Gasteiger charge is -2.35. The number of para-hydroxylation sites is 1. The van der Waals surface area contributed by atoms with E-state index >= 15 is 0 Å². The van der Waals surface area contributed by atoms with E-state index in [1.54, 1.807) is 12.1 Å². The number of aryl methyl sites for hydroxylation is 1. The molecule has 1 fully saturated rings. The molecule has 0 saturated carbocycles. The van der Waals surface area contributed by atoms with Gasteiger partial charge in [-0.25, -0.2) is 4.39 Å². The van der Waals surface area contributed by atoms with Gasteiger partial charge in [-0.05, 0) is 24.6 Å². The minimum Gasteiger partial charge on any atom is -0.367 e. The van der Waals surface area contributed by atoms with E-state index in [-0.39, 0.29) is 11.7 Å². The Morgan fingerprint density at radius 3 is 2.40 bits per heavy atom. The summed E-state index contributed by atoms with van der Waals surface area (Å²) in [5.74, 6) is -0.160. The summed E-state index contributed by atoms with van der Waals surface area (Å²) in [6.45, 7) is 5.95. The molecule has 0 unspecified atom stereocenters. The number of carbonyl (C=O) groups is 1. The van der Waals surface area contributed by atoms with Crippen molar-refractivity contribution in [3.8, 4) is 0 Å². The number of benzene rings is 2. The molecule has 1 saturated heterocycles. The van der Waals surface area contributed by atoms with Crippen LogP contribution in [0.2, 0.25) is 0 Å². The first-order chi connectivity index (χ1) is 12.1. The van der Waals surface area contributed by atoms with E-state index in [0.29, 0.717) is 18.8 Å². The Kier molecular flexibility index (Phi) is 5.66. The quantitative estimate of drug-likeness (QED) is 0.908. The summed E-state index contributed by atoms with van der Waals surface area (Å²) in [6, 6.07) is 15.0. The molecule has 0 spiro atoms. The molecule has 0 bridgehead atoms. The van der Waals surface area contributed by atoms with Crippen molar-refractivity contribution in [2.75, 3.05) is 37.6 Å². The van der Waals surface area contributed by atoms with Crippen LogP contribution in [0, 0.1) is 12.7 Å². The first-order valence-corrected chi connectivity index (χ1v) is 8.66. The zero-order valence-corrected chi connectivity index (χ0v) is 14.5. The predicted molar refractivity (Wildman–Crippen MR) is 98.1 cm³/mol. The van der Waals surface area contributed by atoms with Gasteiger partial charge >= 0.3 is 0 Å². The fourth-order valence-electron chi connectivity index (χ4n) is 3.02. The third-order valence-corrected chi connectivity index (χ3v) is 4.54. The Labute approximate surface area is 148 Å². The molecule has 1 aliphatic heterocycles. The number of anilines is 1. The molecule has 1 N–H and O–H groups in total. The number of halogens is 1. The van der Waals surface area contributed by atoms with Crippen LogP contribution >= 0.6 is 0 Å². The summed E-state index contributed by atoms with van der Waals surface area (Å²) in [6.07, 6.45) is 0. The molecule has 132 valence electrons. The van der Waals surface area contributed by atoms with Gasteiger partial charge in [0.25, 0.3) is 0 Å². The van der Waals surface area contributed by atoms with E-state index < -0.39 is 0 Å². The molecule has 0 aromatic heterocycles. The van der Waals surface area contributed by atoms with Crippen molar-refractivity contribution in [3.05, 3.63) is 65.5 Å². The van der Waals surface area contributed by atoms with Crippen LogP contribution < -0.4 is 10.2 Å². The van der Waals surface area contributed by atoms with Gasteiger partial charge in [0.05, 0.1) is 12.2 Å². The zero-order chi connectivity index (χ0) is 17.6. The third-order valence-electron chi connectivity index (χ3n) is 4.54. The molecule has 1 aliphatic rings. The van der Waals surface area contributed by atoms with Gasteiger partial charge < -0.3 is 10.2 Å². The average Bonchev–Trinajstić information content (AvgIpc) is 2.62. The molecule has 0 aliphatic carbocycles. The van der Waals surface area contributed by atoms with Gasteiger partial charge in [-0.3, -0.25) is 9.69 Å². The standard InChI is InChI=1S/C20H24FN3O/c1-16-6-8-17(9-7-16)14-22-20(25)15-23-10-12-24(13-11-23)19-5-3-2-4-18(19)21/h2-9H,10-15H2,1H3,(H,22,25). The SMILES string of the molecule is Cc1ccc(CNC(=O)CN2CCN(c3ccccc3F)CC2)cc1. The number of hydrogen-bond donors (Lipinski definition) is 1. The van der Waals surface area contributed by atoms with Crippen molar-refractivity contribution in [2.24, 2.45) is 0 Å². The van der Waals surface area contributed by atoms with Crippen molar-refractivity contribution in [3.63, 3.8) is 0 Å². The summed E-state index contributed by atoms with van der Waals surface area (Å²) < 4.78 is 13.8. The first-order valence-electron chi connectivity index (χ1n) is 8.66. The molecule has 0 radical (unpaired) electrons. The Balaban J connectivity index is 1.43. The fraction of sp³-hybridized carbons (Fsp3) is 0.350. The van der Waals surface area contributed by atoms with Crippen molar-refractivity contribution in [1.82, 2.24) is 10.2 Å². The zero-order valence-electron chi connectivity index (χ0n) is 14.5. The van der Waals surface area contributed by atoms with Crippen molar-refractivity contribution in [2.45, 2.75) is 13.5 Å². The first kappa shape index (κ1) is 17.4. The topological polar surface area (TPSA) is 35.6 Å². The van der Waals surface area contributed by atoms with E-state index in [1.807, 2.05) is 42.2 Å². The van der Waals surface area contributed by atoms with Crippen LogP contribution in [-0.4, -0.2) is 43.5 Å². The van der Waals surface area contributed by atoms with Gasteiger partial charge in [0, 0.05) is 32.7 Å². The number of carbonyl (C=O) groups excluding carboxylic acids is 1. The van der Waals surface area contributed by atoms with E-state index in [9.17, 15) is 9.18 Å². The van der Waals surface area contributed by atoms with E-state index in [2.05, 4.69) is 10.2 Å². The van der Waals surface area contributed by atoms with Crippen LogP contribution in [0.4, 0.5) is 10.1 Å². The van der Waals surface area contributed by atoms with Crippen LogP contribution in [0.3, 0.4) is 0 Å². The third kappa shape index (κ3) is 4.79. The highest BCUT2D eigenvalue weighted by Crippen LogP contribution is 2.19. The lowest BCUT2D eigenvalue weighted by atomic mass is 10.1. The van der Waals surface area contributed by atoms with Gasteiger partial charge in [0.1, 0.15) is 5.82 Å². The molecule has 2 aromatic carbocycles. The van der Waals surface area contributed by atoms with Crippen LogP contribution in [0.1, 0.15) is 11.1 Å². The second-order valence-electron chi connectivity index (χ2n) is 6.48. The Morgan fingerprint density at radius 2 is 1.72 bits per heavy atom. The highest BCUT2D eigenvalue weighted by Gasteiger charge is 2.20. The molecular weight excluding hydrogens is 317 g/mol. The van der Waals surface area contributed by atoms with Crippen molar-refractivity contribution < 1.29 is 9.18 Å². The molecule has 1 amide bonds. The molecule has 2 aromatic rings. The highest BCUT2D eigenvalue weighted by atomic mass is 19.1. The lowest BCUT2D eigenvalue weighted by Crippen LogP contribution is -2.49. The molecular formula is C20H24FN3O. The second kappa shape index (κ2) is 8.12. The van der Waals surface area contributed by atoms with Crippen LogP contribution in [0.15, 0.2) is 48.5 Å².